The quantitative estimate of drug-likeness (QED) is 0.692. The zero-order valence-corrected chi connectivity index (χ0v) is 11.5. The minimum absolute atomic E-state index is 0.211. The predicted octanol–water partition coefficient (Wildman–Crippen LogP) is 3.36. The Morgan fingerprint density at radius 2 is 2.16 bits per heavy atom. The molecule has 0 saturated carbocycles. The number of fused-ring (bicyclic) bond motifs is 1. The standard InChI is InChI=1S/C13H10ClN3OS/c14-13-16-11(10-5-8-19-12(10)17-13)18-7-4-9-3-1-2-6-15-9/h1-3,5-6,8H,4,7H2. The average Bonchev–Trinajstić information content (AvgIpc) is 2.88. The van der Waals surface area contributed by atoms with Gasteiger partial charge in [0.05, 0.1) is 12.0 Å². The monoisotopic (exact) mass is 291 g/mol. The molecular formula is C13H10ClN3OS. The van der Waals surface area contributed by atoms with Crippen molar-refractivity contribution in [3.63, 3.8) is 0 Å². The van der Waals surface area contributed by atoms with Gasteiger partial charge in [0.1, 0.15) is 4.83 Å². The third-order valence-electron chi connectivity index (χ3n) is 2.59. The Hall–Kier alpha value is -1.72. The number of halogens is 1. The van der Waals surface area contributed by atoms with Gasteiger partial charge in [0.25, 0.3) is 0 Å². The van der Waals surface area contributed by atoms with Crippen molar-refractivity contribution >= 4 is 33.2 Å². The van der Waals surface area contributed by atoms with E-state index in [1.54, 1.807) is 6.20 Å². The van der Waals surface area contributed by atoms with E-state index < -0.39 is 0 Å². The molecule has 0 N–H and O–H groups in total. The highest BCUT2D eigenvalue weighted by Crippen LogP contribution is 2.27. The molecule has 0 bridgehead atoms. The molecule has 19 heavy (non-hydrogen) atoms. The Balaban J connectivity index is 1.73. The number of hydrogen-bond acceptors (Lipinski definition) is 5. The summed E-state index contributed by atoms with van der Waals surface area (Å²) in [5.74, 6) is 0.534. The maximum atomic E-state index is 5.87. The number of pyridine rings is 1. The van der Waals surface area contributed by atoms with Crippen molar-refractivity contribution in [1.29, 1.82) is 0 Å². The van der Waals surface area contributed by atoms with Crippen molar-refractivity contribution in [3.05, 3.63) is 46.8 Å². The van der Waals surface area contributed by atoms with Gasteiger partial charge in [-0.1, -0.05) is 6.07 Å². The Labute approximate surface area is 119 Å². The van der Waals surface area contributed by atoms with Crippen molar-refractivity contribution in [2.75, 3.05) is 6.61 Å². The molecule has 0 amide bonds. The first-order chi connectivity index (χ1) is 9.33. The van der Waals surface area contributed by atoms with Gasteiger partial charge in [0.2, 0.25) is 11.2 Å². The lowest BCUT2D eigenvalue weighted by Gasteiger charge is -2.06. The van der Waals surface area contributed by atoms with E-state index in [4.69, 9.17) is 16.3 Å². The molecule has 0 aromatic carbocycles. The highest BCUT2D eigenvalue weighted by atomic mass is 35.5. The molecule has 4 nitrogen and oxygen atoms in total. The fourth-order valence-corrected chi connectivity index (χ4v) is 2.68. The molecule has 0 aliphatic heterocycles. The van der Waals surface area contributed by atoms with E-state index in [0.717, 1.165) is 22.3 Å². The first kappa shape index (κ1) is 12.3. The molecular weight excluding hydrogens is 282 g/mol. The fourth-order valence-electron chi connectivity index (χ4n) is 1.71. The first-order valence-electron chi connectivity index (χ1n) is 5.76. The summed E-state index contributed by atoms with van der Waals surface area (Å²) in [7, 11) is 0. The average molecular weight is 292 g/mol. The molecule has 0 aliphatic rings. The smallest absolute Gasteiger partial charge is 0.227 e. The molecule has 0 unspecified atom stereocenters. The van der Waals surface area contributed by atoms with E-state index in [1.165, 1.54) is 11.3 Å². The van der Waals surface area contributed by atoms with E-state index in [0.29, 0.717) is 12.5 Å². The van der Waals surface area contributed by atoms with Crippen LogP contribution in [0.5, 0.6) is 5.88 Å². The van der Waals surface area contributed by atoms with Crippen LogP contribution in [0.15, 0.2) is 35.8 Å². The Morgan fingerprint density at radius 3 is 3.00 bits per heavy atom. The first-order valence-corrected chi connectivity index (χ1v) is 7.02. The number of hydrogen-bond donors (Lipinski definition) is 0. The van der Waals surface area contributed by atoms with Gasteiger partial charge in [-0.25, -0.2) is 4.98 Å². The van der Waals surface area contributed by atoms with E-state index in [2.05, 4.69) is 15.0 Å². The summed E-state index contributed by atoms with van der Waals surface area (Å²) < 4.78 is 5.69. The van der Waals surface area contributed by atoms with Crippen molar-refractivity contribution in [3.8, 4) is 5.88 Å². The second-order valence-corrected chi connectivity index (χ2v) is 5.09. The Morgan fingerprint density at radius 1 is 1.21 bits per heavy atom. The third-order valence-corrected chi connectivity index (χ3v) is 3.56. The molecule has 6 heteroatoms. The number of nitrogens with zero attached hydrogens (tertiary/aromatic N) is 3. The summed E-state index contributed by atoms with van der Waals surface area (Å²) in [6, 6.07) is 7.76. The molecule has 0 saturated heterocycles. The Kier molecular flexibility index (Phi) is 3.57. The van der Waals surface area contributed by atoms with Crippen molar-refractivity contribution in [1.82, 2.24) is 15.0 Å². The van der Waals surface area contributed by atoms with Gasteiger partial charge >= 0.3 is 0 Å². The summed E-state index contributed by atoms with van der Waals surface area (Å²) in [6.07, 6.45) is 2.50. The fraction of sp³-hybridized carbons (Fsp3) is 0.154. The van der Waals surface area contributed by atoms with Gasteiger partial charge < -0.3 is 4.74 Å². The number of aromatic nitrogens is 3. The Bertz CT molecular complexity index is 687. The van der Waals surface area contributed by atoms with Gasteiger partial charge in [0, 0.05) is 18.3 Å². The zero-order chi connectivity index (χ0) is 13.1. The molecule has 0 spiro atoms. The molecule has 0 aliphatic carbocycles. The summed E-state index contributed by atoms with van der Waals surface area (Å²) in [6.45, 7) is 0.509. The topological polar surface area (TPSA) is 47.9 Å². The summed E-state index contributed by atoms with van der Waals surface area (Å²) in [4.78, 5) is 13.3. The van der Waals surface area contributed by atoms with E-state index in [-0.39, 0.29) is 5.28 Å². The van der Waals surface area contributed by atoms with Crippen LogP contribution in [0.3, 0.4) is 0 Å². The van der Waals surface area contributed by atoms with Gasteiger partial charge in [-0.3, -0.25) is 4.98 Å². The maximum absolute atomic E-state index is 5.87. The number of ether oxygens (including phenoxy) is 1. The molecule has 96 valence electrons. The molecule has 0 radical (unpaired) electrons. The number of thiophene rings is 1. The minimum Gasteiger partial charge on any atom is -0.477 e. The van der Waals surface area contributed by atoms with Crippen molar-refractivity contribution in [2.24, 2.45) is 0 Å². The lowest BCUT2D eigenvalue weighted by molar-refractivity contribution is 0.312. The highest BCUT2D eigenvalue weighted by Gasteiger charge is 2.08. The van der Waals surface area contributed by atoms with Crippen LogP contribution in [-0.4, -0.2) is 21.6 Å². The minimum atomic E-state index is 0.211. The molecule has 0 atom stereocenters. The van der Waals surface area contributed by atoms with E-state index >= 15 is 0 Å². The normalized spacial score (nSPS) is 10.8. The molecule has 3 aromatic rings. The van der Waals surface area contributed by atoms with Gasteiger partial charge in [-0.15, -0.1) is 11.3 Å². The van der Waals surface area contributed by atoms with E-state index in [1.807, 2.05) is 29.6 Å². The van der Waals surface area contributed by atoms with Gasteiger partial charge in [-0.2, -0.15) is 4.98 Å². The highest BCUT2D eigenvalue weighted by molar-refractivity contribution is 7.16. The van der Waals surface area contributed by atoms with E-state index in [9.17, 15) is 0 Å². The van der Waals surface area contributed by atoms with Crippen LogP contribution in [0.4, 0.5) is 0 Å². The van der Waals surface area contributed by atoms with Crippen LogP contribution in [0.1, 0.15) is 5.69 Å². The summed E-state index contributed by atoms with van der Waals surface area (Å²) in [5, 5.41) is 3.06. The SMILES string of the molecule is Clc1nc(OCCc2ccccn2)c2ccsc2n1. The second kappa shape index (κ2) is 5.50. The lowest BCUT2D eigenvalue weighted by Crippen LogP contribution is -2.04. The van der Waals surface area contributed by atoms with Crippen LogP contribution in [-0.2, 0) is 6.42 Å². The molecule has 3 rings (SSSR count). The molecule has 3 heterocycles. The largest absolute Gasteiger partial charge is 0.477 e. The van der Waals surface area contributed by atoms with Crippen LogP contribution in [0.2, 0.25) is 5.28 Å². The van der Waals surface area contributed by atoms with Crippen molar-refractivity contribution in [2.45, 2.75) is 6.42 Å². The lowest BCUT2D eigenvalue weighted by atomic mass is 10.3. The van der Waals surface area contributed by atoms with Crippen molar-refractivity contribution < 1.29 is 4.74 Å². The second-order valence-electron chi connectivity index (χ2n) is 3.86. The van der Waals surface area contributed by atoms with Gasteiger partial charge in [0.15, 0.2) is 0 Å². The summed E-state index contributed by atoms with van der Waals surface area (Å²) >= 11 is 7.39. The third kappa shape index (κ3) is 2.83. The molecule has 3 aromatic heterocycles. The summed E-state index contributed by atoms with van der Waals surface area (Å²) in [5.41, 5.74) is 0.990. The number of rotatable bonds is 4. The maximum Gasteiger partial charge on any atom is 0.227 e. The zero-order valence-electron chi connectivity index (χ0n) is 9.91. The van der Waals surface area contributed by atoms with Crippen LogP contribution in [0, 0.1) is 0 Å². The van der Waals surface area contributed by atoms with Crippen LogP contribution < -0.4 is 4.74 Å². The van der Waals surface area contributed by atoms with Crippen LogP contribution in [0.25, 0.3) is 10.2 Å². The predicted molar refractivity (Wildman–Crippen MR) is 75.9 cm³/mol. The molecule has 0 fully saturated rings. The van der Waals surface area contributed by atoms with Gasteiger partial charge in [-0.05, 0) is 35.2 Å². The van der Waals surface area contributed by atoms with Crippen LogP contribution >= 0.6 is 22.9 Å².